The molecule has 2 heterocycles. The normalized spacial score (nSPS) is 11.0. The van der Waals surface area contributed by atoms with Gasteiger partial charge < -0.3 is 9.88 Å². The number of thiazole rings is 1. The molecule has 0 radical (unpaired) electrons. The van der Waals surface area contributed by atoms with Gasteiger partial charge in [0.2, 0.25) is 0 Å². The largest absolute Gasteiger partial charge is 0.351 e. The first-order chi connectivity index (χ1) is 11.2. The van der Waals surface area contributed by atoms with Gasteiger partial charge in [0.1, 0.15) is 10.7 Å². The topological polar surface area (TPSA) is 46.9 Å². The Kier molecular flexibility index (Phi) is 4.76. The quantitative estimate of drug-likeness (QED) is 0.686. The van der Waals surface area contributed by atoms with Crippen molar-refractivity contribution in [3.05, 3.63) is 41.4 Å². The Balaban J connectivity index is 1.90. The molecule has 0 bridgehead atoms. The maximum Gasteiger partial charge on any atom is 0.270 e. The molecule has 0 saturated heterocycles. The molecule has 0 fully saturated rings. The van der Waals surface area contributed by atoms with E-state index >= 15 is 0 Å². The van der Waals surface area contributed by atoms with Gasteiger partial charge in [-0.05, 0) is 25.5 Å². The minimum absolute atomic E-state index is 0.0832. The molecule has 0 atom stereocenters. The molecule has 2 aromatic heterocycles. The van der Waals surface area contributed by atoms with Crippen molar-refractivity contribution in [2.45, 2.75) is 33.2 Å². The summed E-state index contributed by atoms with van der Waals surface area (Å²) in [4.78, 5) is 16.7. The van der Waals surface area contributed by atoms with Crippen molar-refractivity contribution in [3.8, 4) is 10.7 Å². The summed E-state index contributed by atoms with van der Waals surface area (Å²) in [6, 6.07) is 10.5. The number of unbranched alkanes of at least 4 members (excludes halogenated alkanes) is 1. The third-order valence-electron chi connectivity index (χ3n) is 3.90. The smallest absolute Gasteiger partial charge is 0.270 e. The number of carbonyl (C=O) groups excluding carboxylic acids is 1. The van der Waals surface area contributed by atoms with E-state index in [4.69, 9.17) is 0 Å². The van der Waals surface area contributed by atoms with E-state index in [0.717, 1.165) is 30.1 Å². The Morgan fingerprint density at radius 1 is 1.30 bits per heavy atom. The van der Waals surface area contributed by atoms with Gasteiger partial charge >= 0.3 is 0 Å². The van der Waals surface area contributed by atoms with Crippen LogP contribution in [0.2, 0.25) is 0 Å². The molecular formula is C18H21N3OS. The lowest BCUT2D eigenvalue weighted by molar-refractivity contribution is 0.0949. The molecule has 120 valence electrons. The van der Waals surface area contributed by atoms with Crippen LogP contribution in [-0.2, 0) is 6.54 Å². The van der Waals surface area contributed by atoms with Crippen molar-refractivity contribution in [1.29, 1.82) is 0 Å². The molecule has 0 spiro atoms. The minimum Gasteiger partial charge on any atom is -0.351 e. The molecule has 0 aliphatic rings. The second-order valence-electron chi connectivity index (χ2n) is 5.48. The third-order valence-corrected chi connectivity index (χ3v) is 4.76. The van der Waals surface area contributed by atoms with Gasteiger partial charge in [-0.2, -0.15) is 0 Å². The van der Waals surface area contributed by atoms with E-state index in [2.05, 4.69) is 46.9 Å². The SMILES string of the molecule is CCCCNC(=O)c1csc(-c2cc3ccccc3n2CC)n1. The van der Waals surface area contributed by atoms with Crippen molar-refractivity contribution < 1.29 is 4.79 Å². The number of hydrogen-bond donors (Lipinski definition) is 1. The second kappa shape index (κ2) is 6.96. The summed E-state index contributed by atoms with van der Waals surface area (Å²) in [5, 5.41) is 6.85. The third kappa shape index (κ3) is 3.15. The van der Waals surface area contributed by atoms with Crippen molar-refractivity contribution in [2.24, 2.45) is 0 Å². The zero-order valence-electron chi connectivity index (χ0n) is 13.5. The Labute approximate surface area is 140 Å². The molecule has 3 aromatic rings. The number of carbonyl (C=O) groups is 1. The molecule has 4 nitrogen and oxygen atoms in total. The highest BCUT2D eigenvalue weighted by molar-refractivity contribution is 7.13. The number of hydrogen-bond acceptors (Lipinski definition) is 3. The average Bonchev–Trinajstić information content (AvgIpc) is 3.19. The van der Waals surface area contributed by atoms with Gasteiger partial charge in [0.25, 0.3) is 5.91 Å². The molecular weight excluding hydrogens is 306 g/mol. The molecule has 1 amide bonds. The van der Waals surface area contributed by atoms with Crippen LogP contribution in [0.4, 0.5) is 0 Å². The summed E-state index contributed by atoms with van der Waals surface area (Å²) in [5.41, 5.74) is 2.79. The van der Waals surface area contributed by atoms with Crippen LogP contribution in [0.5, 0.6) is 0 Å². The van der Waals surface area contributed by atoms with Crippen LogP contribution in [0.3, 0.4) is 0 Å². The zero-order chi connectivity index (χ0) is 16.2. The number of fused-ring (bicyclic) bond motifs is 1. The lowest BCUT2D eigenvalue weighted by atomic mass is 10.2. The van der Waals surface area contributed by atoms with Crippen LogP contribution in [0, 0.1) is 0 Å². The summed E-state index contributed by atoms with van der Waals surface area (Å²) in [6.07, 6.45) is 2.06. The Morgan fingerprint density at radius 3 is 2.91 bits per heavy atom. The number of nitrogens with one attached hydrogen (secondary N) is 1. The van der Waals surface area contributed by atoms with Crippen molar-refractivity contribution in [2.75, 3.05) is 6.54 Å². The lowest BCUT2D eigenvalue weighted by Crippen LogP contribution is -2.24. The van der Waals surface area contributed by atoms with E-state index in [1.54, 1.807) is 0 Å². The first-order valence-electron chi connectivity index (χ1n) is 8.07. The van der Waals surface area contributed by atoms with E-state index in [-0.39, 0.29) is 5.91 Å². The first-order valence-corrected chi connectivity index (χ1v) is 8.95. The standard InChI is InChI=1S/C18H21N3OS/c1-3-5-10-19-17(22)14-12-23-18(20-14)16-11-13-8-6-7-9-15(13)21(16)4-2/h6-9,11-12H,3-5,10H2,1-2H3,(H,19,22). The van der Waals surface area contributed by atoms with E-state index in [1.807, 2.05) is 17.5 Å². The van der Waals surface area contributed by atoms with Gasteiger partial charge in [0.05, 0.1) is 5.69 Å². The van der Waals surface area contributed by atoms with Gasteiger partial charge in [0, 0.05) is 29.4 Å². The average molecular weight is 327 g/mol. The Morgan fingerprint density at radius 2 is 2.13 bits per heavy atom. The number of nitrogens with zero attached hydrogens (tertiary/aromatic N) is 2. The van der Waals surface area contributed by atoms with Gasteiger partial charge in [-0.3, -0.25) is 4.79 Å². The van der Waals surface area contributed by atoms with Crippen LogP contribution in [0.15, 0.2) is 35.7 Å². The number of benzene rings is 1. The molecule has 1 aromatic carbocycles. The maximum absolute atomic E-state index is 12.1. The van der Waals surface area contributed by atoms with Crippen molar-refractivity contribution >= 4 is 28.1 Å². The molecule has 1 N–H and O–H groups in total. The van der Waals surface area contributed by atoms with E-state index in [9.17, 15) is 4.79 Å². The number of aryl methyl sites for hydroxylation is 1. The highest BCUT2D eigenvalue weighted by atomic mass is 32.1. The highest BCUT2D eigenvalue weighted by Crippen LogP contribution is 2.30. The summed E-state index contributed by atoms with van der Waals surface area (Å²) >= 11 is 1.52. The molecule has 23 heavy (non-hydrogen) atoms. The molecule has 0 aliphatic heterocycles. The van der Waals surface area contributed by atoms with Gasteiger partial charge in [-0.1, -0.05) is 31.5 Å². The summed E-state index contributed by atoms with van der Waals surface area (Å²) in [6.45, 7) is 5.82. The van der Waals surface area contributed by atoms with E-state index in [0.29, 0.717) is 12.2 Å². The van der Waals surface area contributed by atoms with Gasteiger partial charge in [-0.15, -0.1) is 11.3 Å². The van der Waals surface area contributed by atoms with Crippen LogP contribution in [0.25, 0.3) is 21.6 Å². The predicted molar refractivity (Wildman–Crippen MR) is 96.0 cm³/mol. The van der Waals surface area contributed by atoms with E-state index < -0.39 is 0 Å². The maximum atomic E-state index is 12.1. The Hall–Kier alpha value is -2.14. The zero-order valence-corrected chi connectivity index (χ0v) is 14.3. The molecule has 0 saturated carbocycles. The summed E-state index contributed by atoms with van der Waals surface area (Å²) in [7, 11) is 0. The van der Waals surface area contributed by atoms with E-state index in [1.165, 1.54) is 22.2 Å². The number of amides is 1. The summed E-state index contributed by atoms with van der Waals surface area (Å²) < 4.78 is 2.24. The second-order valence-corrected chi connectivity index (χ2v) is 6.34. The summed E-state index contributed by atoms with van der Waals surface area (Å²) in [5.74, 6) is -0.0832. The molecule has 3 rings (SSSR count). The fourth-order valence-corrected chi connectivity index (χ4v) is 3.52. The first kappa shape index (κ1) is 15.7. The fourth-order valence-electron chi connectivity index (χ4n) is 2.69. The number of para-hydroxylation sites is 1. The monoisotopic (exact) mass is 327 g/mol. The van der Waals surface area contributed by atoms with Crippen LogP contribution >= 0.6 is 11.3 Å². The number of aromatic nitrogens is 2. The highest BCUT2D eigenvalue weighted by Gasteiger charge is 2.15. The Bertz CT molecular complexity index is 819. The lowest BCUT2D eigenvalue weighted by Gasteiger charge is -2.05. The predicted octanol–water partition coefficient (Wildman–Crippen LogP) is 4.31. The van der Waals surface area contributed by atoms with Crippen molar-refractivity contribution in [1.82, 2.24) is 14.9 Å². The van der Waals surface area contributed by atoms with Crippen LogP contribution < -0.4 is 5.32 Å². The molecule has 5 heteroatoms. The van der Waals surface area contributed by atoms with Crippen molar-refractivity contribution in [3.63, 3.8) is 0 Å². The van der Waals surface area contributed by atoms with Gasteiger partial charge in [0.15, 0.2) is 0 Å². The fraction of sp³-hybridized carbons (Fsp3) is 0.333. The number of rotatable bonds is 6. The molecule has 0 aliphatic carbocycles. The van der Waals surface area contributed by atoms with Gasteiger partial charge in [-0.25, -0.2) is 4.98 Å². The molecule has 0 unspecified atom stereocenters. The van der Waals surface area contributed by atoms with Crippen LogP contribution in [0.1, 0.15) is 37.2 Å². The minimum atomic E-state index is -0.0832. The van der Waals surface area contributed by atoms with Crippen LogP contribution in [-0.4, -0.2) is 22.0 Å².